The number of likely N-dealkylation sites (tertiary alicyclic amines) is 1. The number of piperidine rings is 1. The van der Waals surface area contributed by atoms with Crippen molar-refractivity contribution >= 4 is 5.91 Å². The summed E-state index contributed by atoms with van der Waals surface area (Å²) in [4.78, 5) is 13.9. The van der Waals surface area contributed by atoms with Gasteiger partial charge in [-0.2, -0.15) is 0 Å². The summed E-state index contributed by atoms with van der Waals surface area (Å²) in [6, 6.07) is 5.01. The molecular formula is C15H21FN2O2. The van der Waals surface area contributed by atoms with E-state index in [1.807, 2.05) is 6.07 Å². The number of hydrogen-bond donors (Lipinski definition) is 1. The van der Waals surface area contributed by atoms with Crippen LogP contribution in [0.2, 0.25) is 0 Å². The van der Waals surface area contributed by atoms with E-state index in [2.05, 4.69) is 10.2 Å². The first-order valence-electron chi connectivity index (χ1n) is 6.90. The first kappa shape index (κ1) is 14.8. The molecule has 5 heteroatoms. The second kappa shape index (κ2) is 6.70. The Morgan fingerprint density at radius 1 is 1.55 bits per heavy atom. The molecule has 1 atom stereocenters. The number of carbonyl (C=O) groups excluding carboxylic acids is 1. The summed E-state index contributed by atoms with van der Waals surface area (Å²) in [5, 5.41) is 2.70. The number of carbonyl (C=O) groups is 1. The molecule has 110 valence electrons. The van der Waals surface area contributed by atoms with Gasteiger partial charge < -0.3 is 10.1 Å². The van der Waals surface area contributed by atoms with E-state index in [4.69, 9.17) is 4.74 Å². The molecule has 1 aromatic rings. The maximum absolute atomic E-state index is 13.7. The minimum Gasteiger partial charge on any atom is -0.494 e. The van der Waals surface area contributed by atoms with Crippen molar-refractivity contribution in [1.82, 2.24) is 10.2 Å². The second-order valence-corrected chi connectivity index (χ2v) is 5.16. The van der Waals surface area contributed by atoms with Crippen molar-refractivity contribution in [2.45, 2.75) is 19.4 Å². The van der Waals surface area contributed by atoms with Gasteiger partial charge in [0.05, 0.1) is 13.0 Å². The van der Waals surface area contributed by atoms with Gasteiger partial charge in [0, 0.05) is 20.1 Å². The zero-order valence-corrected chi connectivity index (χ0v) is 12.0. The molecule has 1 aliphatic heterocycles. The van der Waals surface area contributed by atoms with Crippen LogP contribution in [0.4, 0.5) is 4.39 Å². The summed E-state index contributed by atoms with van der Waals surface area (Å²) in [5.41, 5.74) is 0.904. The molecule has 1 aliphatic rings. The van der Waals surface area contributed by atoms with Crippen LogP contribution in [0.5, 0.6) is 5.75 Å². The molecular weight excluding hydrogens is 259 g/mol. The van der Waals surface area contributed by atoms with Gasteiger partial charge >= 0.3 is 0 Å². The number of benzene rings is 1. The van der Waals surface area contributed by atoms with Crippen LogP contribution in [-0.2, 0) is 11.3 Å². The predicted molar refractivity (Wildman–Crippen MR) is 75.0 cm³/mol. The molecule has 20 heavy (non-hydrogen) atoms. The van der Waals surface area contributed by atoms with E-state index in [0.29, 0.717) is 6.54 Å². The number of ether oxygens (including phenoxy) is 1. The summed E-state index contributed by atoms with van der Waals surface area (Å²) in [6.07, 6.45) is 1.92. The molecule has 0 saturated carbocycles. The maximum atomic E-state index is 13.7. The molecule has 1 heterocycles. The van der Waals surface area contributed by atoms with Gasteiger partial charge in [-0.1, -0.05) is 6.07 Å². The van der Waals surface area contributed by atoms with Crippen LogP contribution in [0, 0.1) is 11.7 Å². The van der Waals surface area contributed by atoms with Gasteiger partial charge in [0.1, 0.15) is 0 Å². The highest BCUT2D eigenvalue weighted by molar-refractivity contribution is 5.78. The summed E-state index contributed by atoms with van der Waals surface area (Å²) in [5.74, 6) is 0.0490. The maximum Gasteiger partial charge on any atom is 0.224 e. The van der Waals surface area contributed by atoms with Crippen molar-refractivity contribution in [3.8, 4) is 5.75 Å². The fourth-order valence-electron chi connectivity index (χ4n) is 2.68. The molecule has 1 amide bonds. The van der Waals surface area contributed by atoms with E-state index in [1.165, 1.54) is 13.2 Å². The van der Waals surface area contributed by atoms with Crippen molar-refractivity contribution in [2.24, 2.45) is 5.92 Å². The van der Waals surface area contributed by atoms with Gasteiger partial charge in [-0.3, -0.25) is 9.69 Å². The average molecular weight is 280 g/mol. The van der Waals surface area contributed by atoms with Crippen molar-refractivity contribution in [2.75, 3.05) is 27.2 Å². The van der Waals surface area contributed by atoms with Gasteiger partial charge in [0.2, 0.25) is 5.91 Å². The highest BCUT2D eigenvalue weighted by Crippen LogP contribution is 2.22. The van der Waals surface area contributed by atoms with E-state index in [1.54, 1.807) is 13.1 Å². The molecule has 0 bridgehead atoms. The van der Waals surface area contributed by atoms with Gasteiger partial charge in [0.15, 0.2) is 11.6 Å². The van der Waals surface area contributed by atoms with Gasteiger partial charge in [0.25, 0.3) is 0 Å². The van der Waals surface area contributed by atoms with Crippen LogP contribution >= 0.6 is 0 Å². The molecule has 0 aliphatic carbocycles. The summed E-state index contributed by atoms with van der Waals surface area (Å²) in [7, 11) is 3.12. The van der Waals surface area contributed by atoms with Crippen molar-refractivity contribution in [3.05, 3.63) is 29.6 Å². The molecule has 1 fully saturated rings. The number of hydrogen-bond acceptors (Lipinski definition) is 3. The second-order valence-electron chi connectivity index (χ2n) is 5.16. The van der Waals surface area contributed by atoms with Crippen LogP contribution < -0.4 is 10.1 Å². The lowest BCUT2D eigenvalue weighted by molar-refractivity contribution is -0.126. The van der Waals surface area contributed by atoms with Gasteiger partial charge in [-0.15, -0.1) is 0 Å². The number of amides is 1. The zero-order chi connectivity index (χ0) is 14.5. The number of nitrogens with one attached hydrogen (secondary N) is 1. The van der Waals surface area contributed by atoms with Gasteiger partial charge in [-0.05, 0) is 37.1 Å². The van der Waals surface area contributed by atoms with E-state index in [0.717, 1.165) is 31.5 Å². The summed E-state index contributed by atoms with van der Waals surface area (Å²) >= 11 is 0. The zero-order valence-electron chi connectivity index (χ0n) is 12.0. The molecule has 0 spiro atoms. The normalized spacial score (nSPS) is 19.6. The molecule has 1 N–H and O–H groups in total. The van der Waals surface area contributed by atoms with Crippen LogP contribution in [-0.4, -0.2) is 38.1 Å². The lowest BCUT2D eigenvalue weighted by Gasteiger charge is -2.31. The predicted octanol–water partition coefficient (Wildman–Crippen LogP) is 1.79. The van der Waals surface area contributed by atoms with Crippen LogP contribution in [0.25, 0.3) is 0 Å². The van der Waals surface area contributed by atoms with Crippen molar-refractivity contribution < 1.29 is 13.9 Å². The lowest BCUT2D eigenvalue weighted by atomic mass is 9.97. The van der Waals surface area contributed by atoms with Crippen molar-refractivity contribution in [1.29, 1.82) is 0 Å². The number of halogens is 1. The highest BCUT2D eigenvalue weighted by Gasteiger charge is 2.25. The van der Waals surface area contributed by atoms with Crippen LogP contribution in [0.15, 0.2) is 18.2 Å². The Balaban J connectivity index is 1.99. The number of nitrogens with zero attached hydrogens (tertiary/aromatic N) is 1. The molecule has 0 aromatic heterocycles. The topological polar surface area (TPSA) is 41.6 Å². The molecule has 1 aromatic carbocycles. The minimum absolute atomic E-state index is 0.0387. The standard InChI is InChI=1S/C15H21FN2O2/c1-17-15(19)12-4-3-7-18(10-12)9-11-5-6-14(20-2)13(16)8-11/h5-6,8,12H,3-4,7,9-10H2,1-2H3,(H,17,19). The lowest BCUT2D eigenvalue weighted by Crippen LogP contribution is -2.41. The van der Waals surface area contributed by atoms with E-state index in [9.17, 15) is 9.18 Å². The molecule has 1 unspecified atom stereocenters. The quantitative estimate of drug-likeness (QED) is 0.914. The Kier molecular flexibility index (Phi) is 4.95. The molecule has 1 saturated heterocycles. The fraction of sp³-hybridized carbons (Fsp3) is 0.533. The first-order valence-corrected chi connectivity index (χ1v) is 6.90. The van der Waals surface area contributed by atoms with E-state index < -0.39 is 0 Å². The van der Waals surface area contributed by atoms with Crippen LogP contribution in [0.1, 0.15) is 18.4 Å². The monoisotopic (exact) mass is 280 g/mol. The largest absolute Gasteiger partial charge is 0.494 e. The summed E-state index contributed by atoms with van der Waals surface area (Å²) in [6.45, 7) is 2.34. The third-order valence-corrected chi connectivity index (χ3v) is 3.75. The minimum atomic E-state index is -0.343. The smallest absolute Gasteiger partial charge is 0.224 e. The van der Waals surface area contributed by atoms with Crippen molar-refractivity contribution in [3.63, 3.8) is 0 Å². The Morgan fingerprint density at radius 2 is 2.35 bits per heavy atom. The van der Waals surface area contributed by atoms with E-state index >= 15 is 0 Å². The number of methoxy groups -OCH3 is 1. The fourth-order valence-corrected chi connectivity index (χ4v) is 2.68. The number of rotatable bonds is 4. The first-order chi connectivity index (χ1) is 9.63. The third kappa shape index (κ3) is 3.48. The SMILES string of the molecule is CNC(=O)C1CCCN(Cc2ccc(OC)c(F)c2)C1. The Labute approximate surface area is 118 Å². The molecule has 0 radical (unpaired) electrons. The highest BCUT2D eigenvalue weighted by atomic mass is 19.1. The molecule has 4 nitrogen and oxygen atoms in total. The summed E-state index contributed by atoms with van der Waals surface area (Å²) < 4.78 is 18.6. The van der Waals surface area contributed by atoms with E-state index in [-0.39, 0.29) is 23.4 Å². The Morgan fingerprint density at radius 3 is 3.00 bits per heavy atom. The Hall–Kier alpha value is -1.62. The molecule has 2 rings (SSSR count). The van der Waals surface area contributed by atoms with Crippen LogP contribution in [0.3, 0.4) is 0 Å². The van der Waals surface area contributed by atoms with Gasteiger partial charge in [-0.25, -0.2) is 4.39 Å². The Bertz CT molecular complexity index is 479. The average Bonchev–Trinajstić information content (AvgIpc) is 2.47. The third-order valence-electron chi connectivity index (χ3n) is 3.75.